The lowest BCUT2D eigenvalue weighted by Crippen LogP contribution is -1.82. The molecule has 2 aromatic carbocycles. The smallest absolute Gasteiger partial charge is 0.348 e. The van der Waals surface area contributed by atoms with E-state index >= 15 is 0 Å². The van der Waals surface area contributed by atoms with Crippen LogP contribution in [0.1, 0.15) is 0 Å². The van der Waals surface area contributed by atoms with Gasteiger partial charge in [0.05, 0.1) is 12.7 Å². The highest BCUT2D eigenvalue weighted by Crippen LogP contribution is 2.34. The van der Waals surface area contributed by atoms with Crippen LogP contribution < -0.4 is 4.74 Å². The molecule has 0 unspecified atom stereocenters. The first-order valence-electron chi connectivity index (χ1n) is 5.87. The molecule has 3 aromatic rings. The summed E-state index contributed by atoms with van der Waals surface area (Å²) in [5.41, 5.74) is 2.30. The molecule has 19 heavy (non-hydrogen) atoms. The average molecular weight is 286 g/mol. The Morgan fingerprint density at radius 3 is 2.37 bits per heavy atom. The highest BCUT2D eigenvalue weighted by Gasteiger charge is 2.18. The third-order valence-corrected chi connectivity index (χ3v) is 5.01. The highest BCUT2D eigenvalue weighted by molar-refractivity contribution is 7.71. The van der Waals surface area contributed by atoms with Crippen LogP contribution in [-0.4, -0.2) is 12.1 Å². The Morgan fingerprint density at radius 2 is 1.68 bits per heavy atom. The molecular weight excluding hydrogens is 274 g/mol. The van der Waals surface area contributed by atoms with Gasteiger partial charge in [0.15, 0.2) is 15.3 Å². The molecule has 0 fully saturated rings. The van der Waals surface area contributed by atoms with Crippen molar-refractivity contribution >= 4 is 20.7 Å². The molecule has 94 valence electrons. The number of methoxy groups -OCH3 is 1. The Balaban J connectivity index is 1.92. The fraction of sp³-hybridized carbons (Fsp3) is 0.0667. The van der Waals surface area contributed by atoms with Crippen molar-refractivity contribution in [1.82, 2.24) is 4.98 Å². The van der Waals surface area contributed by atoms with Gasteiger partial charge >= 0.3 is 15.3 Å². The van der Waals surface area contributed by atoms with Crippen molar-refractivity contribution in [2.24, 2.45) is 0 Å². The van der Waals surface area contributed by atoms with Crippen LogP contribution in [-0.2, 0) is 0 Å². The third-order valence-electron chi connectivity index (χ3n) is 2.76. The van der Waals surface area contributed by atoms with E-state index in [1.54, 1.807) is 27.8 Å². The zero-order valence-corrected chi connectivity index (χ0v) is 12.0. The number of ether oxygens (including phenoxy) is 1. The molecule has 2 nitrogen and oxygen atoms in total. The van der Waals surface area contributed by atoms with Gasteiger partial charge in [-0.1, -0.05) is 18.2 Å². The molecule has 4 heteroatoms. The maximum Gasteiger partial charge on any atom is 0.348 e. The van der Waals surface area contributed by atoms with Crippen LogP contribution in [0.3, 0.4) is 0 Å². The van der Waals surface area contributed by atoms with Crippen molar-refractivity contribution in [3.63, 3.8) is 0 Å². The molecular formula is C15H12NOS2+. The van der Waals surface area contributed by atoms with E-state index in [0.717, 1.165) is 21.3 Å². The zero-order valence-electron chi connectivity index (χ0n) is 10.4. The summed E-state index contributed by atoms with van der Waals surface area (Å²) in [6, 6.07) is 18.3. The second kappa shape index (κ2) is 5.47. The van der Waals surface area contributed by atoms with Gasteiger partial charge in [0, 0.05) is 5.56 Å². The van der Waals surface area contributed by atoms with Gasteiger partial charge in [0.1, 0.15) is 5.75 Å². The number of nitrogens with zero attached hydrogens (tertiary/aromatic N) is 1. The molecule has 0 aliphatic carbocycles. The second-order valence-corrected chi connectivity index (χ2v) is 6.09. The first kappa shape index (κ1) is 12.3. The molecule has 0 spiro atoms. The maximum absolute atomic E-state index is 5.17. The third kappa shape index (κ3) is 2.64. The molecule has 0 aliphatic heterocycles. The van der Waals surface area contributed by atoms with Gasteiger partial charge in [-0.25, -0.2) is 0 Å². The van der Waals surface area contributed by atoms with Gasteiger partial charge in [-0.05, 0) is 36.4 Å². The molecule has 3 rings (SSSR count). The Morgan fingerprint density at radius 1 is 0.947 bits per heavy atom. The fourth-order valence-electron chi connectivity index (χ4n) is 1.75. The van der Waals surface area contributed by atoms with Crippen molar-refractivity contribution in [3.8, 4) is 26.9 Å². The average Bonchev–Trinajstić information content (AvgIpc) is 2.98. The normalized spacial score (nSPS) is 10.4. The molecule has 0 aliphatic rings. The summed E-state index contributed by atoms with van der Waals surface area (Å²) in [5.74, 6) is 0.868. The van der Waals surface area contributed by atoms with E-state index in [9.17, 15) is 0 Å². The van der Waals surface area contributed by atoms with Gasteiger partial charge < -0.3 is 4.74 Å². The van der Waals surface area contributed by atoms with E-state index in [1.807, 2.05) is 42.5 Å². The van der Waals surface area contributed by atoms with E-state index in [-0.39, 0.29) is 0 Å². The largest absolute Gasteiger partial charge is 0.497 e. The van der Waals surface area contributed by atoms with E-state index in [0.29, 0.717) is 0 Å². The molecule has 0 radical (unpaired) electrons. The van der Waals surface area contributed by atoms with E-state index < -0.39 is 0 Å². The Hall–Kier alpha value is -1.78. The van der Waals surface area contributed by atoms with Crippen LogP contribution in [0.4, 0.5) is 0 Å². The van der Waals surface area contributed by atoms with Crippen LogP contribution in [0, 0.1) is 0 Å². The van der Waals surface area contributed by atoms with Crippen LogP contribution in [0.2, 0.25) is 0 Å². The van der Waals surface area contributed by atoms with E-state index in [4.69, 9.17) is 9.72 Å². The SMILES string of the molecule is COc1ccc(-c2nc(-c3ccccc3)[s+]s2)cc1. The summed E-state index contributed by atoms with van der Waals surface area (Å²) in [4.78, 5) is 4.70. The van der Waals surface area contributed by atoms with Gasteiger partial charge in [-0.3, -0.25) is 0 Å². The summed E-state index contributed by atoms with van der Waals surface area (Å²) in [6.45, 7) is 0. The number of rotatable bonds is 3. The van der Waals surface area contributed by atoms with Crippen molar-refractivity contribution in [3.05, 3.63) is 54.6 Å². The summed E-state index contributed by atoms with van der Waals surface area (Å²) < 4.78 is 5.17. The minimum atomic E-state index is 0.868. The summed E-state index contributed by atoms with van der Waals surface area (Å²) in [6.07, 6.45) is 0. The fourth-order valence-corrected chi connectivity index (χ4v) is 3.96. The van der Waals surface area contributed by atoms with Crippen molar-refractivity contribution in [2.45, 2.75) is 0 Å². The van der Waals surface area contributed by atoms with Crippen LogP contribution in [0.5, 0.6) is 5.75 Å². The van der Waals surface area contributed by atoms with Crippen molar-refractivity contribution < 1.29 is 4.74 Å². The predicted octanol–water partition coefficient (Wildman–Crippen LogP) is 4.83. The van der Waals surface area contributed by atoms with Gasteiger partial charge in [-0.15, -0.1) is 0 Å². The first-order valence-corrected chi connectivity index (χ1v) is 8.02. The van der Waals surface area contributed by atoms with Crippen LogP contribution in [0.15, 0.2) is 54.6 Å². The quantitative estimate of drug-likeness (QED) is 0.508. The first-order chi connectivity index (χ1) is 9.36. The summed E-state index contributed by atoms with van der Waals surface area (Å²) >= 11 is 0. The molecule has 0 N–H and O–H groups in total. The van der Waals surface area contributed by atoms with Crippen LogP contribution >= 0.6 is 20.7 Å². The molecule has 0 bridgehead atoms. The minimum absolute atomic E-state index is 0.868. The Kier molecular flexibility index (Phi) is 3.53. The molecule has 0 saturated heterocycles. The standard InChI is InChI=1S/C15H12NOS2/c1-17-13-9-7-12(8-10-13)15-16-14(18-19-15)11-5-3-2-4-6-11/h2-10H,1H3/q+1. The van der Waals surface area contributed by atoms with Crippen molar-refractivity contribution in [2.75, 3.05) is 7.11 Å². The molecule has 1 heterocycles. The molecule has 1 aromatic heterocycles. The zero-order chi connectivity index (χ0) is 13.1. The van der Waals surface area contributed by atoms with Crippen molar-refractivity contribution in [1.29, 1.82) is 0 Å². The maximum atomic E-state index is 5.17. The lowest BCUT2D eigenvalue weighted by Gasteiger charge is -1.98. The van der Waals surface area contributed by atoms with Gasteiger partial charge in [0.2, 0.25) is 0 Å². The van der Waals surface area contributed by atoms with E-state index in [2.05, 4.69) is 12.1 Å². The molecule has 0 amide bonds. The summed E-state index contributed by atoms with van der Waals surface area (Å²) in [5, 5.41) is 2.11. The van der Waals surface area contributed by atoms with Crippen LogP contribution in [0.25, 0.3) is 21.1 Å². The number of aromatic nitrogens is 1. The number of hydrogen-bond acceptors (Lipinski definition) is 3. The number of benzene rings is 2. The Labute approximate surface area is 119 Å². The van der Waals surface area contributed by atoms with Gasteiger partial charge in [0.25, 0.3) is 0 Å². The summed E-state index contributed by atoms with van der Waals surface area (Å²) in [7, 11) is 5.08. The van der Waals surface area contributed by atoms with Gasteiger partial charge in [-0.2, -0.15) is 4.98 Å². The monoisotopic (exact) mass is 286 g/mol. The molecule has 0 atom stereocenters. The lowest BCUT2D eigenvalue weighted by molar-refractivity contribution is 0.415. The lowest BCUT2D eigenvalue weighted by atomic mass is 10.2. The number of hydrogen-bond donors (Lipinski definition) is 0. The predicted molar refractivity (Wildman–Crippen MR) is 81.8 cm³/mol. The Bertz CT molecular complexity index is 662. The molecule has 0 saturated carbocycles. The minimum Gasteiger partial charge on any atom is -0.497 e. The van der Waals surface area contributed by atoms with E-state index in [1.165, 1.54) is 5.56 Å². The topological polar surface area (TPSA) is 22.1 Å². The highest BCUT2D eigenvalue weighted by atomic mass is 32.9. The second-order valence-electron chi connectivity index (χ2n) is 3.98.